The van der Waals surface area contributed by atoms with E-state index < -0.39 is 0 Å². The number of hydrogen-bond acceptors (Lipinski definition) is 7. The van der Waals surface area contributed by atoms with Gasteiger partial charge in [-0.3, -0.25) is 14.6 Å². The molecule has 0 spiro atoms. The monoisotopic (exact) mass is 528 g/mol. The maximum Gasteiger partial charge on any atom is 0.224 e. The number of rotatable bonds is 6. The second-order valence-corrected chi connectivity index (χ2v) is 10.7. The molecule has 9 nitrogen and oxygen atoms in total. The van der Waals surface area contributed by atoms with Gasteiger partial charge in [-0.1, -0.05) is 11.3 Å². The molecular weight excluding hydrogens is 500 g/mol. The zero-order valence-electron chi connectivity index (χ0n) is 21.1. The van der Waals surface area contributed by atoms with E-state index in [1.54, 1.807) is 6.20 Å². The average molecular weight is 529 g/mol. The minimum atomic E-state index is -0.143. The summed E-state index contributed by atoms with van der Waals surface area (Å²) in [5, 5.41) is 11.5. The van der Waals surface area contributed by atoms with Gasteiger partial charge in [0.05, 0.1) is 27.6 Å². The van der Waals surface area contributed by atoms with E-state index in [1.807, 2.05) is 47.3 Å². The van der Waals surface area contributed by atoms with E-state index in [2.05, 4.69) is 20.6 Å². The van der Waals surface area contributed by atoms with Crippen LogP contribution in [0.2, 0.25) is 0 Å². The first-order valence-electron chi connectivity index (χ1n) is 12.8. The fraction of sp³-hybridized carbons (Fsp3) is 0.321. The Morgan fingerprint density at radius 2 is 1.92 bits per heavy atom. The van der Waals surface area contributed by atoms with Crippen molar-refractivity contribution in [1.82, 2.24) is 19.7 Å². The lowest BCUT2D eigenvalue weighted by Crippen LogP contribution is -2.22. The summed E-state index contributed by atoms with van der Waals surface area (Å²) in [6, 6.07) is 11.7. The molecule has 0 radical (unpaired) electrons. The molecule has 0 bridgehead atoms. The molecule has 1 aliphatic carbocycles. The van der Waals surface area contributed by atoms with Gasteiger partial charge < -0.3 is 15.4 Å². The maximum atomic E-state index is 12.6. The summed E-state index contributed by atoms with van der Waals surface area (Å²) in [6.07, 6.45) is 7.51. The van der Waals surface area contributed by atoms with E-state index in [1.165, 1.54) is 18.3 Å². The molecule has 1 aliphatic heterocycles. The number of aryl methyl sites for hydroxylation is 1. The van der Waals surface area contributed by atoms with Gasteiger partial charge in [0, 0.05) is 55.8 Å². The lowest BCUT2D eigenvalue weighted by atomic mass is 9.95. The molecule has 2 aliphatic rings. The number of anilines is 2. The van der Waals surface area contributed by atoms with E-state index in [0.29, 0.717) is 17.5 Å². The van der Waals surface area contributed by atoms with Gasteiger partial charge in [0.15, 0.2) is 5.13 Å². The number of pyridine rings is 1. The molecule has 0 atom stereocenters. The van der Waals surface area contributed by atoms with Crippen LogP contribution in [0.15, 0.2) is 48.8 Å². The number of hydrogen-bond donors (Lipinski definition) is 2. The highest BCUT2D eigenvalue weighted by Gasteiger charge is 2.30. The van der Waals surface area contributed by atoms with Crippen molar-refractivity contribution in [2.45, 2.75) is 39.0 Å². The zero-order chi connectivity index (χ0) is 26.1. The normalized spacial score (nSPS) is 15.0. The third-order valence-electron chi connectivity index (χ3n) is 6.94. The number of fused-ring (bicyclic) bond motifs is 3. The van der Waals surface area contributed by atoms with Crippen molar-refractivity contribution < 1.29 is 14.3 Å². The van der Waals surface area contributed by atoms with Crippen molar-refractivity contribution in [3.05, 3.63) is 60.0 Å². The minimum Gasteiger partial charge on any atom is -0.381 e. The first kappa shape index (κ1) is 24.4. The van der Waals surface area contributed by atoms with Gasteiger partial charge >= 0.3 is 0 Å². The van der Waals surface area contributed by atoms with Gasteiger partial charge in [-0.2, -0.15) is 5.10 Å². The summed E-state index contributed by atoms with van der Waals surface area (Å²) in [5.41, 5.74) is 6.55. The van der Waals surface area contributed by atoms with E-state index in [4.69, 9.17) is 9.84 Å². The number of ether oxygens (including phenoxy) is 1. The Labute approximate surface area is 224 Å². The number of nitrogens with zero attached hydrogens (tertiary/aromatic N) is 4. The Morgan fingerprint density at radius 3 is 2.66 bits per heavy atom. The van der Waals surface area contributed by atoms with Crippen molar-refractivity contribution in [2.24, 2.45) is 5.92 Å². The van der Waals surface area contributed by atoms with Gasteiger partial charge in [-0.15, -0.1) is 0 Å². The van der Waals surface area contributed by atoms with Crippen molar-refractivity contribution in [3.8, 4) is 27.5 Å². The third kappa shape index (κ3) is 4.97. The van der Waals surface area contributed by atoms with E-state index >= 15 is 0 Å². The Balaban J connectivity index is 1.33. The van der Waals surface area contributed by atoms with Gasteiger partial charge in [0.25, 0.3) is 0 Å². The van der Waals surface area contributed by atoms with Crippen LogP contribution in [-0.4, -0.2) is 44.8 Å². The van der Waals surface area contributed by atoms with Crippen molar-refractivity contribution in [1.29, 1.82) is 0 Å². The van der Waals surface area contributed by atoms with E-state index in [9.17, 15) is 9.59 Å². The molecule has 0 saturated carbocycles. The molecule has 6 rings (SSSR count). The quantitative estimate of drug-likeness (QED) is 0.369. The number of carbonyl (C=O) groups excluding carboxylic acids is 2. The Bertz CT molecular complexity index is 1470. The predicted octanol–water partition coefficient (Wildman–Crippen LogP) is 4.87. The molecule has 10 heteroatoms. The lowest BCUT2D eigenvalue weighted by molar-refractivity contribution is -0.117. The van der Waals surface area contributed by atoms with Gasteiger partial charge in [0.1, 0.15) is 0 Å². The number of aromatic nitrogens is 4. The summed E-state index contributed by atoms with van der Waals surface area (Å²) in [7, 11) is 0. The SMILES string of the molecule is CC(=O)Nc1nc2c(s1)-c1c(c(-c3cccnc3)nn1-c1ccc(NC(=O)CC3CCOCC3)cc1)CC2. The Hall–Kier alpha value is -3.89. The summed E-state index contributed by atoms with van der Waals surface area (Å²) >= 11 is 1.47. The van der Waals surface area contributed by atoms with Crippen LogP contribution in [-0.2, 0) is 27.2 Å². The highest BCUT2D eigenvalue weighted by atomic mass is 32.1. The number of benzene rings is 1. The van der Waals surface area contributed by atoms with Crippen LogP contribution in [0.25, 0.3) is 27.5 Å². The third-order valence-corrected chi connectivity index (χ3v) is 7.96. The predicted molar refractivity (Wildman–Crippen MR) is 146 cm³/mol. The molecule has 0 unspecified atom stereocenters. The highest BCUT2D eigenvalue weighted by molar-refractivity contribution is 7.19. The van der Waals surface area contributed by atoms with Crippen molar-refractivity contribution in [2.75, 3.05) is 23.8 Å². The maximum absolute atomic E-state index is 12.6. The number of carbonyl (C=O) groups is 2. The van der Waals surface area contributed by atoms with Crippen LogP contribution in [0.1, 0.15) is 37.4 Å². The molecular formula is C28H28N6O3S. The number of nitrogens with one attached hydrogen (secondary N) is 2. The smallest absolute Gasteiger partial charge is 0.224 e. The molecule has 1 fully saturated rings. The summed E-state index contributed by atoms with van der Waals surface area (Å²) in [4.78, 5) is 34.2. The molecule has 4 heterocycles. The minimum absolute atomic E-state index is 0.0276. The first-order valence-corrected chi connectivity index (χ1v) is 13.6. The summed E-state index contributed by atoms with van der Waals surface area (Å²) < 4.78 is 7.34. The van der Waals surface area contributed by atoms with Crippen LogP contribution >= 0.6 is 11.3 Å². The zero-order valence-corrected chi connectivity index (χ0v) is 21.9. The highest BCUT2D eigenvalue weighted by Crippen LogP contribution is 2.44. The fourth-order valence-corrected chi connectivity index (χ4v) is 6.22. The van der Waals surface area contributed by atoms with Crippen LogP contribution in [0, 0.1) is 5.92 Å². The fourth-order valence-electron chi connectivity index (χ4n) is 5.11. The van der Waals surface area contributed by atoms with Gasteiger partial charge in [-0.25, -0.2) is 9.67 Å². The van der Waals surface area contributed by atoms with Crippen LogP contribution < -0.4 is 10.6 Å². The molecule has 38 heavy (non-hydrogen) atoms. The van der Waals surface area contributed by atoms with Gasteiger partial charge in [0.2, 0.25) is 11.8 Å². The second-order valence-electron chi connectivity index (χ2n) is 9.66. The summed E-state index contributed by atoms with van der Waals surface area (Å²) in [5.74, 6) is 0.260. The lowest BCUT2D eigenvalue weighted by Gasteiger charge is -2.21. The topological polar surface area (TPSA) is 111 Å². The molecule has 4 aromatic rings. The Kier molecular flexibility index (Phi) is 6.73. The van der Waals surface area contributed by atoms with Crippen molar-refractivity contribution >= 4 is 34.0 Å². The Morgan fingerprint density at radius 1 is 1.11 bits per heavy atom. The summed E-state index contributed by atoms with van der Waals surface area (Å²) in [6.45, 7) is 2.95. The van der Waals surface area contributed by atoms with E-state index in [-0.39, 0.29) is 11.8 Å². The van der Waals surface area contributed by atoms with Gasteiger partial charge in [-0.05, 0) is 68.0 Å². The molecule has 1 saturated heterocycles. The van der Waals surface area contributed by atoms with Crippen LogP contribution in [0.5, 0.6) is 0 Å². The van der Waals surface area contributed by atoms with E-state index in [0.717, 1.165) is 83.4 Å². The first-order chi connectivity index (χ1) is 18.5. The standard InChI is InChI=1S/C28H28N6O3S/c1-17(35)30-28-32-23-9-8-22-25(19-3-2-12-29-16-19)33-34(26(22)27(23)38-28)21-6-4-20(5-7-21)31-24(36)15-18-10-13-37-14-11-18/h2-7,12,16,18H,8-11,13-15H2,1H3,(H,31,36)(H,30,32,35). The van der Waals surface area contributed by atoms with Crippen molar-refractivity contribution in [3.63, 3.8) is 0 Å². The molecule has 194 valence electrons. The number of thiazole rings is 1. The second kappa shape index (κ2) is 10.5. The largest absolute Gasteiger partial charge is 0.381 e. The molecule has 2 amide bonds. The number of amides is 2. The van der Waals surface area contributed by atoms with Crippen LogP contribution in [0.3, 0.4) is 0 Å². The molecule has 1 aromatic carbocycles. The van der Waals surface area contributed by atoms with Crippen LogP contribution in [0.4, 0.5) is 10.8 Å². The average Bonchev–Trinajstić information content (AvgIpc) is 3.51. The molecule has 3 aromatic heterocycles. The molecule has 2 N–H and O–H groups in total.